The van der Waals surface area contributed by atoms with Gasteiger partial charge >= 0.3 is 0 Å². The number of hydrogen-bond acceptors (Lipinski definition) is 1. The Morgan fingerprint density at radius 3 is 3.00 bits per heavy atom. The van der Waals surface area contributed by atoms with E-state index in [0.29, 0.717) is 0 Å². The van der Waals surface area contributed by atoms with E-state index in [4.69, 9.17) is 0 Å². The summed E-state index contributed by atoms with van der Waals surface area (Å²) in [6.07, 6.45) is 5.39. The van der Waals surface area contributed by atoms with Gasteiger partial charge in [-0.1, -0.05) is 6.58 Å². The first-order chi connectivity index (χ1) is 3.43. The van der Waals surface area contributed by atoms with Crippen molar-refractivity contribution in [1.29, 1.82) is 0 Å². The van der Waals surface area contributed by atoms with Gasteiger partial charge in [0, 0.05) is 12.4 Å². The van der Waals surface area contributed by atoms with E-state index < -0.39 is 0 Å². The SMILES string of the molecule is C=CN1C=C[N]C1. The summed E-state index contributed by atoms with van der Waals surface area (Å²) in [7, 11) is 0. The van der Waals surface area contributed by atoms with Gasteiger partial charge in [0.2, 0.25) is 0 Å². The second kappa shape index (κ2) is 1.69. The second-order valence-corrected chi connectivity index (χ2v) is 1.32. The van der Waals surface area contributed by atoms with E-state index in [1.807, 2.05) is 11.1 Å². The van der Waals surface area contributed by atoms with Crippen LogP contribution in [0.25, 0.3) is 0 Å². The van der Waals surface area contributed by atoms with E-state index in [0.717, 1.165) is 6.67 Å². The molecule has 0 aromatic rings. The molecule has 0 amide bonds. The molecule has 0 aromatic heterocycles. The Labute approximate surface area is 43.1 Å². The molecule has 1 rings (SSSR count). The van der Waals surface area contributed by atoms with E-state index in [-0.39, 0.29) is 0 Å². The van der Waals surface area contributed by atoms with Crippen LogP contribution in [0.3, 0.4) is 0 Å². The smallest absolute Gasteiger partial charge is 0.113 e. The van der Waals surface area contributed by atoms with Gasteiger partial charge in [-0.25, -0.2) is 0 Å². The molecule has 0 saturated heterocycles. The van der Waals surface area contributed by atoms with Crippen molar-refractivity contribution >= 4 is 0 Å². The van der Waals surface area contributed by atoms with Crippen molar-refractivity contribution < 1.29 is 0 Å². The van der Waals surface area contributed by atoms with Crippen molar-refractivity contribution in [1.82, 2.24) is 10.2 Å². The lowest BCUT2D eigenvalue weighted by Gasteiger charge is -2.02. The number of hydrogen-bond donors (Lipinski definition) is 0. The van der Waals surface area contributed by atoms with Gasteiger partial charge in [-0.3, -0.25) is 5.32 Å². The number of rotatable bonds is 1. The topological polar surface area (TPSA) is 17.3 Å². The maximum atomic E-state index is 3.91. The van der Waals surface area contributed by atoms with Gasteiger partial charge in [0.15, 0.2) is 0 Å². The minimum Gasteiger partial charge on any atom is -0.334 e. The lowest BCUT2D eigenvalue weighted by Crippen LogP contribution is -2.08. The van der Waals surface area contributed by atoms with Gasteiger partial charge < -0.3 is 4.90 Å². The normalized spacial score (nSPS) is 16.9. The lowest BCUT2D eigenvalue weighted by atomic mass is 10.8. The van der Waals surface area contributed by atoms with Crippen LogP contribution in [-0.4, -0.2) is 11.6 Å². The van der Waals surface area contributed by atoms with Gasteiger partial charge in [0.25, 0.3) is 0 Å². The molecule has 0 aliphatic carbocycles. The summed E-state index contributed by atoms with van der Waals surface area (Å²) in [5, 5.41) is 3.91. The summed E-state index contributed by atoms with van der Waals surface area (Å²) in [6.45, 7) is 4.30. The maximum Gasteiger partial charge on any atom is 0.113 e. The van der Waals surface area contributed by atoms with Crippen LogP contribution in [0.2, 0.25) is 0 Å². The molecule has 0 aromatic carbocycles. The van der Waals surface area contributed by atoms with Gasteiger partial charge in [-0.05, 0) is 6.20 Å². The molecule has 1 heterocycles. The van der Waals surface area contributed by atoms with Crippen LogP contribution >= 0.6 is 0 Å². The van der Waals surface area contributed by atoms with Gasteiger partial charge in [-0.15, -0.1) is 0 Å². The quantitative estimate of drug-likeness (QED) is 0.463. The largest absolute Gasteiger partial charge is 0.334 e. The molecular formula is C5H7N2. The zero-order valence-electron chi connectivity index (χ0n) is 4.04. The van der Waals surface area contributed by atoms with Crippen molar-refractivity contribution in [2.24, 2.45) is 0 Å². The first-order valence-electron chi connectivity index (χ1n) is 2.15. The van der Waals surface area contributed by atoms with Crippen LogP contribution < -0.4 is 5.32 Å². The highest BCUT2D eigenvalue weighted by Gasteiger charge is 1.95. The van der Waals surface area contributed by atoms with Crippen LogP contribution in [0.4, 0.5) is 0 Å². The summed E-state index contributed by atoms with van der Waals surface area (Å²) in [6, 6.07) is 0. The Balaban J connectivity index is 2.42. The summed E-state index contributed by atoms with van der Waals surface area (Å²) < 4.78 is 0. The summed E-state index contributed by atoms with van der Waals surface area (Å²) in [5.41, 5.74) is 0. The van der Waals surface area contributed by atoms with Crippen LogP contribution in [0.1, 0.15) is 0 Å². The fourth-order valence-corrected chi connectivity index (χ4v) is 0.440. The molecule has 0 spiro atoms. The van der Waals surface area contributed by atoms with Crippen molar-refractivity contribution in [3.63, 3.8) is 0 Å². The first-order valence-corrected chi connectivity index (χ1v) is 2.15. The molecule has 2 heteroatoms. The highest BCUT2D eigenvalue weighted by atomic mass is 15.2. The molecule has 0 bridgehead atoms. The zero-order chi connectivity index (χ0) is 5.11. The summed E-state index contributed by atoms with van der Waals surface area (Å²) >= 11 is 0. The van der Waals surface area contributed by atoms with E-state index in [9.17, 15) is 0 Å². The molecule has 1 aliphatic heterocycles. The van der Waals surface area contributed by atoms with Crippen molar-refractivity contribution in [3.05, 3.63) is 25.2 Å². The molecule has 7 heavy (non-hydrogen) atoms. The van der Waals surface area contributed by atoms with Gasteiger partial charge in [0.05, 0.1) is 0 Å². The molecule has 1 radical (unpaired) electrons. The van der Waals surface area contributed by atoms with E-state index in [1.54, 1.807) is 12.4 Å². The molecule has 0 atom stereocenters. The second-order valence-electron chi connectivity index (χ2n) is 1.32. The third-order valence-corrected chi connectivity index (χ3v) is 0.843. The van der Waals surface area contributed by atoms with Crippen LogP contribution in [0.15, 0.2) is 25.2 Å². The third kappa shape index (κ3) is 0.738. The fraction of sp³-hybridized carbons (Fsp3) is 0.200. The Kier molecular flexibility index (Phi) is 1.02. The highest BCUT2D eigenvalue weighted by Crippen LogP contribution is 1.93. The third-order valence-electron chi connectivity index (χ3n) is 0.843. The molecule has 37 valence electrons. The highest BCUT2D eigenvalue weighted by molar-refractivity contribution is 4.91. The molecule has 0 unspecified atom stereocenters. The lowest BCUT2D eigenvalue weighted by molar-refractivity contribution is 0.521. The Bertz CT molecular complexity index is 96.3. The summed E-state index contributed by atoms with van der Waals surface area (Å²) in [4.78, 5) is 1.90. The van der Waals surface area contributed by atoms with Crippen LogP contribution in [-0.2, 0) is 0 Å². The zero-order valence-corrected chi connectivity index (χ0v) is 4.04. The van der Waals surface area contributed by atoms with E-state index in [1.165, 1.54) is 0 Å². The molecule has 1 aliphatic rings. The average Bonchev–Trinajstić information content (AvgIpc) is 2.14. The summed E-state index contributed by atoms with van der Waals surface area (Å²) in [5.74, 6) is 0. The molecule has 0 fully saturated rings. The molecule has 0 saturated carbocycles. The van der Waals surface area contributed by atoms with E-state index >= 15 is 0 Å². The molecule has 0 N–H and O–H groups in total. The predicted molar refractivity (Wildman–Crippen MR) is 28.2 cm³/mol. The van der Waals surface area contributed by atoms with Crippen LogP contribution in [0, 0.1) is 0 Å². The minimum atomic E-state index is 0.740. The van der Waals surface area contributed by atoms with E-state index in [2.05, 4.69) is 11.9 Å². The monoisotopic (exact) mass is 95.1 g/mol. The fourth-order valence-electron chi connectivity index (χ4n) is 0.440. The minimum absolute atomic E-state index is 0.740. The predicted octanol–water partition coefficient (Wildman–Crippen LogP) is 0.479. The van der Waals surface area contributed by atoms with Crippen molar-refractivity contribution in [3.8, 4) is 0 Å². The molecule has 2 nitrogen and oxygen atoms in total. The Morgan fingerprint density at radius 1 is 1.86 bits per heavy atom. The first kappa shape index (κ1) is 4.24. The maximum absolute atomic E-state index is 3.91. The van der Waals surface area contributed by atoms with Gasteiger partial charge in [-0.2, -0.15) is 0 Å². The average molecular weight is 95.1 g/mol. The number of nitrogens with zero attached hydrogens (tertiary/aromatic N) is 2. The Morgan fingerprint density at radius 2 is 2.71 bits per heavy atom. The molecular weight excluding hydrogens is 88.1 g/mol. The van der Waals surface area contributed by atoms with Gasteiger partial charge in [0.1, 0.15) is 6.67 Å². The van der Waals surface area contributed by atoms with Crippen molar-refractivity contribution in [2.45, 2.75) is 0 Å². The standard InChI is InChI=1S/C5H7N2/c1-2-7-4-3-6-5-7/h2-4H,1,5H2. The van der Waals surface area contributed by atoms with Crippen LogP contribution in [0.5, 0.6) is 0 Å². The Hall–Kier alpha value is -0.920. The van der Waals surface area contributed by atoms with Crippen molar-refractivity contribution in [2.75, 3.05) is 6.67 Å².